The fraction of sp³-hybridized carbons (Fsp3) is 0.471. The molecule has 1 N–H and O–H groups in total. The van der Waals surface area contributed by atoms with E-state index in [-0.39, 0.29) is 31.0 Å². The number of hydrogen-bond acceptors (Lipinski definition) is 8. The van der Waals surface area contributed by atoms with Crippen molar-refractivity contribution in [2.75, 3.05) is 20.3 Å². The van der Waals surface area contributed by atoms with E-state index in [0.29, 0.717) is 16.6 Å². The molecule has 0 fully saturated rings. The quantitative estimate of drug-likeness (QED) is 0.516. The highest BCUT2D eigenvalue weighted by molar-refractivity contribution is 7.18. The number of hydrogen-bond donors (Lipinski definition) is 1. The van der Waals surface area contributed by atoms with E-state index >= 15 is 0 Å². The van der Waals surface area contributed by atoms with Crippen LogP contribution in [0.2, 0.25) is 0 Å². The first-order valence-electron chi connectivity index (χ1n) is 8.27. The second-order valence-electron chi connectivity index (χ2n) is 5.83. The van der Waals surface area contributed by atoms with Crippen molar-refractivity contribution in [1.82, 2.24) is 14.9 Å². The lowest BCUT2D eigenvalue weighted by atomic mass is 10.2. The summed E-state index contributed by atoms with van der Waals surface area (Å²) in [6.45, 7) is 3.22. The predicted molar refractivity (Wildman–Crippen MR) is 98.6 cm³/mol. The molecule has 0 spiro atoms. The summed E-state index contributed by atoms with van der Waals surface area (Å²) in [5, 5.41) is 3.02. The summed E-state index contributed by atoms with van der Waals surface area (Å²) >= 11 is 1.42. The average molecular weight is 395 g/mol. The third-order valence-corrected chi connectivity index (χ3v) is 5.04. The van der Waals surface area contributed by atoms with Gasteiger partial charge in [-0.05, 0) is 25.8 Å². The van der Waals surface area contributed by atoms with Crippen LogP contribution >= 0.6 is 11.3 Å². The maximum atomic E-state index is 12.5. The van der Waals surface area contributed by atoms with E-state index in [4.69, 9.17) is 4.74 Å². The summed E-state index contributed by atoms with van der Waals surface area (Å²) < 4.78 is 10.5. The maximum absolute atomic E-state index is 12.5. The molecule has 2 aromatic rings. The Bertz CT molecular complexity index is 917. The molecule has 10 heteroatoms. The van der Waals surface area contributed by atoms with Gasteiger partial charge in [0.2, 0.25) is 0 Å². The van der Waals surface area contributed by atoms with Gasteiger partial charge in [0.1, 0.15) is 11.4 Å². The van der Waals surface area contributed by atoms with Crippen molar-refractivity contribution in [2.24, 2.45) is 0 Å². The predicted octanol–water partition coefficient (Wildman–Crippen LogP) is 0.687. The van der Waals surface area contributed by atoms with Crippen molar-refractivity contribution in [3.05, 3.63) is 27.1 Å². The van der Waals surface area contributed by atoms with Crippen LogP contribution in [0.3, 0.4) is 0 Å². The van der Waals surface area contributed by atoms with E-state index in [1.165, 1.54) is 24.8 Å². The molecule has 2 rings (SSSR count). The van der Waals surface area contributed by atoms with Crippen molar-refractivity contribution in [2.45, 2.75) is 33.2 Å². The minimum Gasteiger partial charge on any atom is -0.469 e. The van der Waals surface area contributed by atoms with Crippen molar-refractivity contribution in [3.8, 4) is 0 Å². The molecule has 1 amide bonds. The zero-order valence-corrected chi connectivity index (χ0v) is 16.2. The fourth-order valence-corrected chi connectivity index (χ4v) is 3.31. The highest BCUT2D eigenvalue weighted by Gasteiger charge is 2.15. The highest BCUT2D eigenvalue weighted by Crippen LogP contribution is 2.25. The van der Waals surface area contributed by atoms with Gasteiger partial charge in [-0.2, -0.15) is 0 Å². The number of carbonyl (C=O) groups is 3. The lowest BCUT2D eigenvalue weighted by Gasteiger charge is -2.08. The van der Waals surface area contributed by atoms with Crippen LogP contribution in [0.4, 0.5) is 0 Å². The molecule has 9 nitrogen and oxygen atoms in total. The highest BCUT2D eigenvalue weighted by atomic mass is 32.1. The molecular weight excluding hydrogens is 374 g/mol. The number of amides is 1. The van der Waals surface area contributed by atoms with Gasteiger partial charge in [0, 0.05) is 17.8 Å². The van der Waals surface area contributed by atoms with Crippen LogP contribution in [-0.4, -0.2) is 47.7 Å². The molecule has 0 aliphatic heterocycles. The monoisotopic (exact) mass is 395 g/mol. The first-order valence-corrected chi connectivity index (χ1v) is 9.09. The lowest BCUT2D eigenvalue weighted by molar-refractivity contribution is -0.149. The topological polar surface area (TPSA) is 117 Å². The molecule has 2 aromatic heterocycles. The third kappa shape index (κ3) is 5.36. The van der Waals surface area contributed by atoms with Crippen LogP contribution in [0.5, 0.6) is 0 Å². The molecule has 0 aromatic carbocycles. The number of esters is 2. The molecule has 0 unspecified atom stereocenters. The molecular formula is C17H21N3O6S. The molecule has 0 atom stereocenters. The molecule has 2 heterocycles. The van der Waals surface area contributed by atoms with Gasteiger partial charge in [-0.1, -0.05) is 0 Å². The van der Waals surface area contributed by atoms with Crippen LogP contribution in [0.1, 0.15) is 23.3 Å². The van der Waals surface area contributed by atoms with E-state index in [1.807, 2.05) is 13.8 Å². The number of aromatic nitrogens is 2. The van der Waals surface area contributed by atoms with Gasteiger partial charge in [0.15, 0.2) is 6.61 Å². The summed E-state index contributed by atoms with van der Waals surface area (Å²) in [7, 11) is 1.29. The van der Waals surface area contributed by atoms with Gasteiger partial charge in [-0.15, -0.1) is 11.3 Å². The smallest absolute Gasteiger partial charge is 0.326 e. The minimum atomic E-state index is -0.715. The average Bonchev–Trinajstić information content (AvgIpc) is 2.94. The van der Waals surface area contributed by atoms with Gasteiger partial charge in [0.05, 0.1) is 18.8 Å². The molecule has 0 bridgehead atoms. The van der Waals surface area contributed by atoms with Crippen LogP contribution in [-0.2, 0) is 30.4 Å². The third-order valence-electron chi connectivity index (χ3n) is 3.93. The van der Waals surface area contributed by atoms with E-state index in [0.717, 1.165) is 15.0 Å². The van der Waals surface area contributed by atoms with Crippen LogP contribution in [0.25, 0.3) is 10.2 Å². The number of methoxy groups -OCH3 is 1. The summed E-state index contributed by atoms with van der Waals surface area (Å²) in [4.78, 5) is 52.8. The van der Waals surface area contributed by atoms with Gasteiger partial charge in [-0.25, -0.2) is 4.98 Å². The Kier molecular flexibility index (Phi) is 7.05. The molecule has 146 valence electrons. The number of aryl methyl sites for hydroxylation is 2. The Morgan fingerprint density at radius 3 is 2.70 bits per heavy atom. The van der Waals surface area contributed by atoms with Gasteiger partial charge >= 0.3 is 11.9 Å². The molecule has 0 saturated carbocycles. The second kappa shape index (κ2) is 9.26. The van der Waals surface area contributed by atoms with Gasteiger partial charge in [0.25, 0.3) is 11.5 Å². The summed E-state index contributed by atoms with van der Waals surface area (Å²) in [5.41, 5.74) is 0.535. The van der Waals surface area contributed by atoms with Crippen LogP contribution in [0, 0.1) is 13.8 Å². The number of thiophene rings is 1. The zero-order chi connectivity index (χ0) is 20.0. The molecule has 0 aliphatic rings. The summed E-state index contributed by atoms with van der Waals surface area (Å²) in [6.07, 6.45) is 1.91. The van der Waals surface area contributed by atoms with E-state index in [1.54, 1.807) is 0 Å². The molecule has 0 radical (unpaired) electrons. The first-order chi connectivity index (χ1) is 12.8. The second-order valence-corrected chi connectivity index (χ2v) is 7.03. The van der Waals surface area contributed by atoms with Crippen LogP contribution < -0.4 is 10.9 Å². The largest absolute Gasteiger partial charge is 0.469 e. The van der Waals surface area contributed by atoms with E-state index in [9.17, 15) is 19.2 Å². The standard InChI is InChI=1S/C17H21N3O6S/c1-10-11(2)27-16-15(10)17(24)20(9-19-16)7-14(23)26-8-12(21)18-6-4-5-13(22)25-3/h9H,4-8H2,1-3H3,(H,18,21). The van der Waals surface area contributed by atoms with E-state index < -0.39 is 18.5 Å². The first kappa shape index (κ1) is 20.6. The maximum Gasteiger partial charge on any atom is 0.326 e. The van der Waals surface area contributed by atoms with Crippen molar-refractivity contribution in [1.29, 1.82) is 0 Å². The zero-order valence-electron chi connectivity index (χ0n) is 15.4. The number of nitrogens with one attached hydrogen (secondary N) is 1. The Morgan fingerprint density at radius 2 is 2.00 bits per heavy atom. The fourth-order valence-electron chi connectivity index (χ4n) is 2.33. The Hall–Kier alpha value is -2.75. The van der Waals surface area contributed by atoms with Gasteiger partial charge < -0.3 is 14.8 Å². The van der Waals surface area contributed by atoms with Crippen molar-refractivity contribution >= 4 is 39.4 Å². The van der Waals surface area contributed by atoms with Gasteiger partial charge in [-0.3, -0.25) is 23.7 Å². The lowest BCUT2D eigenvalue weighted by Crippen LogP contribution is -2.31. The Balaban J connectivity index is 1.84. The minimum absolute atomic E-state index is 0.191. The Labute approximate surface area is 159 Å². The molecule has 27 heavy (non-hydrogen) atoms. The number of carbonyl (C=O) groups excluding carboxylic acids is 3. The van der Waals surface area contributed by atoms with Crippen molar-refractivity contribution < 1.29 is 23.9 Å². The molecule has 0 aliphatic carbocycles. The van der Waals surface area contributed by atoms with Crippen molar-refractivity contribution in [3.63, 3.8) is 0 Å². The number of fused-ring (bicyclic) bond motifs is 1. The summed E-state index contributed by atoms with van der Waals surface area (Å²) in [5.74, 6) is -1.56. The number of ether oxygens (including phenoxy) is 2. The Morgan fingerprint density at radius 1 is 1.26 bits per heavy atom. The van der Waals surface area contributed by atoms with Crippen LogP contribution in [0.15, 0.2) is 11.1 Å². The SMILES string of the molecule is COC(=O)CCCNC(=O)COC(=O)Cn1cnc2sc(C)c(C)c2c1=O. The normalized spacial score (nSPS) is 10.6. The molecule has 0 saturated heterocycles. The number of rotatable bonds is 8. The van der Waals surface area contributed by atoms with E-state index in [2.05, 4.69) is 15.0 Å². The summed E-state index contributed by atoms with van der Waals surface area (Å²) in [6, 6.07) is 0. The number of nitrogens with zero attached hydrogens (tertiary/aromatic N) is 2.